The lowest BCUT2D eigenvalue weighted by Crippen LogP contribution is -2.49. The topological polar surface area (TPSA) is 97.7 Å². The third kappa shape index (κ3) is 4.52. The lowest BCUT2D eigenvalue weighted by atomic mass is 10.0. The fourth-order valence-corrected chi connectivity index (χ4v) is 3.71. The first-order valence-electron chi connectivity index (χ1n) is 10.3. The lowest BCUT2D eigenvalue weighted by Gasteiger charge is -2.24. The molecule has 4 rings (SSSR count). The van der Waals surface area contributed by atoms with E-state index in [1.807, 2.05) is 49.4 Å². The van der Waals surface area contributed by atoms with Crippen LogP contribution in [0.1, 0.15) is 35.6 Å². The van der Waals surface area contributed by atoms with Crippen molar-refractivity contribution in [1.29, 1.82) is 0 Å². The van der Waals surface area contributed by atoms with Crippen molar-refractivity contribution in [3.05, 3.63) is 77.5 Å². The van der Waals surface area contributed by atoms with E-state index in [1.165, 1.54) is 7.05 Å². The minimum absolute atomic E-state index is 0.258. The number of pyridine rings is 1. The minimum atomic E-state index is -0.504. The van der Waals surface area contributed by atoms with Crippen LogP contribution in [0, 0.1) is 6.92 Å². The maximum Gasteiger partial charge on any atom is 0.352 e. The zero-order chi connectivity index (χ0) is 22.0. The van der Waals surface area contributed by atoms with Crippen LogP contribution in [0.15, 0.2) is 60.7 Å². The molecule has 1 saturated carbocycles. The second-order valence-corrected chi connectivity index (χ2v) is 7.82. The molecule has 4 N–H and O–H groups in total. The summed E-state index contributed by atoms with van der Waals surface area (Å²) in [5, 5.41) is 2.03. The van der Waals surface area contributed by atoms with Crippen molar-refractivity contribution in [1.82, 2.24) is 9.99 Å². The number of hydrogen-bond acceptors (Lipinski definition) is 5. The molecule has 1 aromatic heterocycles. The van der Waals surface area contributed by atoms with Crippen molar-refractivity contribution in [2.45, 2.75) is 32.3 Å². The van der Waals surface area contributed by atoms with Gasteiger partial charge in [-0.05, 0) is 48.9 Å². The van der Waals surface area contributed by atoms with Gasteiger partial charge < -0.3 is 4.74 Å². The number of carbonyl (C=O) groups is 1. The number of rotatable bonds is 6. The Balaban J connectivity index is 1.59. The molecule has 0 atom stereocenters. The fourth-order valence-electron chi connectivity index (χ4n) is 3.71. The highest BCUT2D eigenvalue weighted by molar-refractivity contribution is 5.91. The standard InChI is InChI=1S/C24H27N5O2/c1-16-19(17-7-4-3-5-8-17)13-14-23(27-16)31-15-21-20(18-11-12-18)9-6-10-22(21)29(26)24(30)28(2)25/h3-10,13-14,18H,11-12,15,25-26H2,1-2H3. The molecule has 0 spiro atoms. The number of ether oxygens (including phenoxy) is 1. The summed E-state index contributed by atoms with van der Waals surface area (Å²) in [6, 6.07) is 19.3. The van der Waals surface area contributed by atoms with Crippen LogP contribution in [0.3, 0.4) is 0 Å². The van der Waals surface area contributed by atoms with E-state index < -0.39 is 6.03 Å². The van der Waals surface area contributed by atoms with Crippen LogP contribution in [0.2, 0.25) is 0 Å². The number of anilines is 1. The van der Waals surface area contributed by atoms with E-state index >= 15 is 0 Å². The largest absolute Gasteiger partial charge is 0.473 e. The van der Waals surface area contributed by atoms with Gasteiger partial charge in [0, 0.05) is 29.9 Å². The first-order chi connectivity index (χ1) is 15.0. The molecule has 0 bridgehead atoms. The number of nitrogens with two attached hydrogens (primary N) is 2. The summed E-state index contributed by atoms with van der Waals surface area (Å²) in [7, 11) is 1.46. The zero-order valence-corrected chi connectivity index (χ0v) is 17.8. The number of hydrogen-bond donors (Lipinski definition) is 2. The van der Waals surface area contributed by atoms with Crippen molar-refractivity contribution in [2.24, 2.45) is 11.7 Å². The monoisotopic (exact) mass is 417 g/mol. The van der Waals surface area contributed by atoms with Crippen LogP contribution >= 0.6 is 0 Å². The van der Waals surface area contributed by atoms with Crippen molar-refractivity contribution in [3.63, 3.8) is 0 Å². The average Bonchev–Trinajstić information content (AvgIpc) is 3.62. The van der Waals surface area contributed by atoms with Gasteiger partial charge in [0.15, 0.2) is 0 Å². The summed E-state index contributed by atoms with van der Waals surface area (Å²) in [6.45, 7) is 2.23. The predicted octanol–water partition coefficient (Wildman–Crippen LogP) is 4.12. The van der Waals surface area contributed by atoms with Gasteiger partial charge in [-0.25, -0.2) is 26.5 Å². The quantitative estimate of drug-likeness (QED) is 0.357. The highest BCUT2D eigenvalue weighted by atomic mass is 16.5. The lowest BCUT2D eigenvalue weighted by molar-refractivity contribution is 0.216. The molecule has 0 aliphatic heterocycles. The highest BCUT2D eigenvalue weighted by Crippen LogP contribution is 2.44. The van der Waals surface area contributed by atoms with Gasteiger partial charge in [0.2, 0.25) is 5.88 Å². The maximum atomic E-state index is 12.3. The number of urea groups is 1. The number of carbonyl (C=O) groups excluding carboxylic acids is 1. The van der Waals surface area contributed by atoms with E-state index in [4.69, 9.17) is 16.4 Å². The predicted molar refractivity (Wildman–Crippen MR) is 121 cm³/mol. The van der Waals surface area contributed by atoms with Gasteiger partial charge in [0.25, 0.3) is 0 Å². The molecule has 31 heavy (non-hydrogen) atoms. The van der Waals surface area contributed by atoms with Gasteiger partial charge in [-0.1, -0.05) is 42.5 Å². The summed E-state index contributed by atoms with van der Waals surface area (Å²) >= 11 is 0. The molecular formula is C24H27N5O2. The van der Waals surface area contributed by atoms with Crippen molar-refractivity contribution in [3.8, 4) is 17.0 Å². The van der Waals surface area contributed by atoms with Crippen LogP contribution < -0.4 is 21.4 Å². The van der Waals surface area contributed by atoms with Crippen LogP contribution in [-0.2, 0) is 6.61 Å². The van der Waals surface area contributed by atoms with E-state index in [0.29, 0.717) is 17.5 Å². The molecule has 1 fully saturated rings. The highest BCUT2D eigenvalue weighted by Gasteiger charge is 2.29. The molecule has 0 unspecified atom stereocenters. The molecule has 7 heteroatoms. The third-order valence-electron chi connectivity index (χ3n) is 5.48. The van der Waals surface area contributed by atoms with E-state index in [9.17, 15) is 4.79 Å². The molecular weight excluding hydrogens is 390 g/mol. The van der Waals surface area contributed by atoms with Crippen LogP contribution in [0.25, 0.3) is 11.1 Å². The van der Waals surface area contributed by atoms with E-state index in [2.05, 4.69) is 23.2 Å². The number of aryl methyl sites for hydroxylation is 1. The second kappa shape index (κ2) is 8.75. The molecule has 1 aliphatic carbocycles. The molecule has 2 aromatic carbocycles. The number of benzene rings is 2. The van der Waals surface area contributed by atoms with Gasteiger partial charge >= 0.3 is 6.03 Å². The maximum absolute atomic E-state index is 12.3. The Morgan fingerprint density at radius 2 is 1.81 bits per heavy atom. The van der Waals surface area contributed by atoms with Crippen LogP contribution in [-0.4, -0.2) is 23.1 Å². The summed E-state index contributed by atoms with van der Waals surface area (Å²) in [4.78, 5) is 17.0. The Hall–Kier alpha value is -3.42. The summed E-state index contributed by atoms with van der Waals surface area (Å²) in [5.74, 6) is 12.7. The van der Waals surface area contributed by atoms with Gasteiger partial charge in [-0.15, -0.1) is 0 Å². The third-order valence-corrected chi connectivity index (χ3v) is 5.48. The minimum Gasteiger partial charge on any atom is -0.473 e. The fraction of sp³-hybridized carbons (Fsp3) is 0.250. The van der Waals surface area contributed by atoms with E-state index in [0.717, 1.165) is 50.8 Å². The smallest absolute Gasteiger partial charge is 0.352 e. The van der Waals surface area contributed by atoms with Crippen molar-refractivity contribution < 1.29 is 9.53 Å². The van der Waals surface area contributed by atoms with Crippen molar-refractivity contribution >= 4 is 11.7 Å². The molecule has 160 valence electrons. The average molecular weight is 418 g/mol. The van der Waals surface area contributed by atoms with Crippen molar-refractivity contribution in [2.75, 3.05) is 12.1 Å². The Morgan fingerprint density at radius 3 is 2.45 bits per heavy atom. The molecule has 0 radical (unpaired) electrons. The molecule has 3 aromatic rings. The Labute approximate surface area is 182 Å². The normalized spacial score (nSPS) is 13.0. The SMILES string of the molecule is Cc1nc(OCc2c(C3CC3)cccc2N(N)C(=O)N(C)N)ccc1-c1ccccc1. The number of amides is 2. The summed E-state index contributed by atoms with van der Waals surface area (Å²) in [5.41, 5.74) is 5.69. The van der Waals surface area contributed by atoms with Crippen LogP contribution in [0.5, 0.6) is 5.88 Å². The molecule has 0 saturated heterocycles. The number of aromatic nitrogens is 1. The Bertz CT molecular complexity index is 1080. The first kappa shape index (κ1) is 20.8. The number of hydrazine groups is 2. The van der Waals surface area contributed by atoms with Gasteiger partial charge in [-0.3, -0.25) is 5.01 Å². The summed E-state index contributed by atoms with van der Waals surface area (Å²) in [6.07, 6.45) is 2.24. The van der Waals surface area contributed by atoms with Gasteiger partial charge in [0.05, 0.1) is 5.69 Å². The summed E-state index contributed by atoms with van der Waals surface area (Å²) < 4.78 is 6.06. The second-order valence-electron chi connectivity index (χ2n) is 7.82. The first-order valence-corrected chi connectivity index (χ1v) is 10.3. The van der Waals surface area contributed by atoms with Crippen LogP contribution in [0.4, 0.5) is 10.5 Å². The Morgan fingerprint density at radius 1 is 1.06 bits per heavy atom. The molecule has 2 amide bonds. The molecule has 1 aliphatic rings. The van der Waals surface area contributed by atoms with Gasteiger partial charge in [0.1, 0.15) is 6.61 Å². The Kier molecular flexibility index (Phi) is 5.88. The van der Waals surface area contributed by atoms with E-state index in [1.54, 1.807) is 0 Å². The van der Waals surface area contributed by atoms with E-state index in [-0.39, 0.29) is 6.61 Å². The molecule has 7 nitrogen and oxygen atoms in total. The zero-order valence-electron chi connectivity index (χ0n) is 17.8. The molecule has 1 heterocycles. The van der Waals surface area contributed by atoms with Gasteiger partial charge in [-0.2, -0.15) is 0 Å². The number of nitrogens with zero attached hydrogens (tertiary/aromatic N) is 3.